The van der Waals surface area contributed by atoms with Crippen LogP contribution in [0.4, 0.5) is 0 Å². The highest BCUT2D eigenvalue weighted by atomic mass is 32.1. The maximum atomic E-state index is 4.71. The maximum Gasteiger partial charge on any atom is 0.0931 e. The fourth-order valence-electron chi connectivity index (χ4n) is 3.17. The van der Waals surface area contributed by atoms with Gasteiger partial charge >= 0.3 is 0 Å². The van der Waals surface area contributed by atoms with Crippen molar-refractivity contribution in [3.63, 3.8) is 0 Å². The van der Waals surface area contributed by atoms with Gasteiger partial charge in [0, 0.05) is 0 Å². The van der Waals surface area contributed by atoms with Gasteiger partial charge < -0.3 is 4.42 Å². The Morgan fingerprint density at radius 3 is 1.11 bits per heavy atom. The molecule has 45 heavy (non-hydrogen) atoms. The predicted molar refractivity (Wildman–Crippen MR) is 210 cm³/mol. The highest BCUT2D eigenvalue weighted by Gasteiger charge is 1.94. The topological polar surface area (TPSA) is 13.1 Å². The van der Waals surface area contributed by atoms with Crippen molar-refractivity contribution in [1.82, 2.24) is 0 Å². The van der Waals surface area contributed by atoms with Gasteiger partial charge in [-0.15, -0.1) is 0 Å². The van der Waals surface area contributed by atoms with Gasteiger partial charge in [0.05, 0.1) is 12.5 Å². The molecular formula is C43H62OS. The summed E-state index contributed by atoms with van der Waals surface area (Å²) in [5, 5.41) is 6.82. The minimum atomic E-state index is 1.18. The van der Waals surface area contributed by atoms with E-state index in [9.17, 15) is 0 Å². The largest absolute Gasteiger partial charge is 0.472 e. The second-order valence-electron chi connectivity index (χ2n) is 8.18. The van der Waals surface area contributed by atoms with E-state index >= 15 is 0 Å². The van der Waals surface area contributed by atoms with Crippen LogP contribution in [0.3, 0.4) is 0 Å². The Hall–Kier alpha value is -3.88. The zero-order valence-electron chi connectivity index (χ0n) is 30.6. The van der Waals surface area contributed by atoms with E-state index in [2.05, 4.69) is 128 Å². The number of rotatable bonds is 1. The monoisotopic (exact) mass is 626 g/mol. The van der Waals surface area contributed by atoms with Crippen molar-refractivity contribution < 1.29 is 4.42 Å². The highest BCUT2D eigenvalue weighted by molar-refractivity contribution is 7.07. The summed E-state index contributed by atoms with van der Waals surface area (Å²) in [5.41, 5.74) is 6.41. The summed E-state index contributed by atoms with van der Waals surface area (Å²) < 4.78 is 4.71. The number of fused-ring (bicyclic) bond motifs is 1. The molecule has 6 aromatic rings. The Kier molecular flexibility index (Phi) is 35.0. The second-order valence-corrected chi connectivity index (χ2v) is 8.96. The first-order valence-corrected chi connectivity index (χ1v) is 17.6. The third-order valence-electron chi connectivity index (χ3n) is 5.14. The van der Waals surface area contributed by atoms with Crippen molar-refractivity contribution in [2.75, 3.05) is 0 Å². The van der Waals surface area contributed by atoms with Crippen molar-refractivity contribution in [2.24, 2.45) is 0 Å². The molecule has 0 radical (unpaired) electrons. The Morgan fingerprint density at radius 1 is 0.400 bits per heavy atom. The predicted octanol–water partition coefficient (Wildman–Crippen LogP) is 15.3. The third kappa shape index (κ3) is 23.2. The average molecular weight is 627 g/mol. The summed E-state index contributed by atoms with van der Waals surface area (Å²) in [6, 6.07) is 39.8. The van der Waals surface area contributed by atoms with Crippen LogP contribution in [0.15, 0.2) is 143 Å². The van der Waals surface area contributed by atoms with Gasteiger partial charge in [-0.05, 0) is 76.7 Å². The zero-order chi connectivity index (χ0) is 34.7. The Labute approximate surface area is 282 Å². The number of hydrogen-bond acceptors (Lipinski definition) is 2. The van der Waals surface area contributed by atoms with E-state index in [1.807, 2.05) is 88.3 Å². The van der Waals surface area contributed by atoms with Crippen molar-refractivity contribution in [2.45, 2.75) is 90.0 Å². The first-order chi connectivity index (χ1) is 22.1. The van der Waals surface area contributed by atoms with E-state index in [-0.39, 0.29) is 0 Å². The molecular weight excluding hydrogens is 565 g/mol. The molecule has 1 nitrogen and oxygen atoms in total. The van der Waals surface area contributed by atoms with Crippen LogP contribution in [0.5, 0.6) is 0 Å². The van der Waals surface area contributed by atoms with E-state index < -0.39 is 0 Å². The quantitative estimate of drug-likeness (QED) is 0.177. The molecule has 0 aliphatic heterocycles. The molecule has 0 aliphatic rings. The fraction of sp³-hybridized carbons (Fsp3) is 0.302. The summed E-state index contributed by atoms with van der Waals surface area (Å²) in [4.78, 5) is 0. The molecule has 2 aromatic heterocycles. The lowest BCUT2D eigenvalue weighted by atomic mass is 10.0. The minimum absolute atomic E-state index is 1.18. The molecule has 246 valence electrons. The molecule has 0 unspecified atom stereocenters. The van der Waals surface area contributed by atoms with Crippen LogP contribution in [0.25, 0.3) is 21.9 Å². The van der Waals surface area contributed by atoms with Crippen LogP contribution in [-0.2, 0) is 0 Å². The van der Waals surface area contributed by atoms with Crippen molar-refractivity contribution in [3.8, 4) is 11.1 Å². The van der Waals surface area contributed by atoms with E-state index in [0.29, 0.717) is 0 Å². The van der Waals surface area contributed by atoms with E-state index in [1.54, 1.807) is 23.9 Å². The van der Waals surface area contributed by atoms with Crippen LogP contribution >= 0.6 is 11.3 Å². The molecule has 0 fully saturated rings. The minimum Gasteiger partial charge on any atom is -0.472 e. The number of aryl methyl sites for hydroxylation is 3. The van der Waals surface area contributed by atoms with Crippen molar-refractivity contribution in [3.05, 3.63) is 155 Å². The average Bonchev–Trinajstić information content (AvgIpc) is 3.84. The standard InChI is InChI=1S/C13H12.C10H8.C5H6O.C5H6S.5C2H6/c1-11-7-9-13(10-8-11)12-5-3-2-4-6-12;1-2-6-10-8-4-3-7-9(10)5-1;2*1-5-2-3-6-4-5;5*1-2/h2-10H,1H3;1-8H;2*2-4H,1H3;5*1-2H3. The van der Waals surface area contributed by atoms with Gasteiger partial charge in [-0.3, -0.25) is 0 Å². The van der Waals surface area contributed by atoms with E-state index in [0.717, 1.165) is 0 Å². The molecule has 0 saturated heterocycles. The maximum absolute atomic E-state index is 4.71. The van der Waals surface area contributed by atoms with Crippen LogP contribution < -0.4 is 0 Å². The molecule has 0 saturated carbocycles. The van der Waals surface area contributed by atoms with Crippen LogP contribution in [0.2, 0.25) is 0 Å². The SMILES string of the molecule is CC.CC.CC.CC.CC.Cc1ccc(-c2ccccc2)cc1.Cc1ccoc1.Cc1ccsc1.c1ccc2ccccc2c1. The number of hydrogen-bond donors (Lipinski definition) is 0. The zero-order valence-corrected chi connectivity index (χ0v) is 31.4. The van der Waals surface area contributed by atoms with Gasteiger partial charge in [0.1, 0.15) is 0 Å². The normalized spacial score (nSPS) is 8.11. The van der Waals surface area contributed by atoms with Gasteiger partial charge in [-0.1, -0.05) is 178 Å². The smallest absolute Gasteiger partial charge is 0.0931 e. The summed E-state index contributed by atoms with van der Waals surface area (Å²) in [6.07, 6.45) is 3.37. The molecule has 0 amide bonds. The molecule has 2 heteroatoms. The van der Waals surface area contributed by atoms with Crippen molar-refractivity contribution >= 4 is 22.1 Å². The first kappa shape index (κ1) is 45.5. The molecule has 4 aromatic carbocycles. The van der Waals surface area contributed by atoms with Gasteiger partial charge in [-0.2, -0.15) is 11.3 Å². The second kappa shape index (κ2) is 34.6. The molecule has 0 bridgehead atoms. The molecule has 0 N–H and O–H groups in total. The van der Waals surface area contributed by atoms with Gasteiger partial charge in [0.25, 0.3) is 0 Å². The Morgan fingerprint density at radius 2 is 0.822 bits per heavy atom. The lowest BCUT2D eigenvalue weighted by Crippen LogP contribution is -1.76. The highest BCUT2D eigenvalue weighted by Crippen LogP contribution is 2.18. The third-order valence-corrected chi connectivity index (χ3v) is 5.95. The molecule has 0 spiro atoms. The van der Waals surface area contributed by atoms with Crippen LogP contribution in [0, 0.1) is 20.8 Å². The van der Waals surface area contributed by atoms with Gasteiger partial charge in [0.2, 0.25) is 0 Å². The Bertz CT molecular complexity index is 1240. The van der Waals surface area contributed by atoms with Crippen LogP contribution in [-0.4, -0.2) is 0 Å². The summed E-state index contributed by atoms with van der Waals surface area (Å²) >= 11 is 1.74. The fourth-order valence-corrected chi connectivity index (χ4v) is 3.84. The van der Waals surface area contributed by atoms with Crippen molar-refractivity contribution in [1.29, 1.82) is 0 Å². The summed E-state index contributed by atoms with van der Waals surface area (Å²) in [6.45, 7) is 26.2. The van der Waals surface area contributed by atoms with E-state index in [4.69, 9.17) is 4.42 Å². The lowest BCUT2D eigenvalue weighted by Gasteiger charge is -2.00. The van der Waals surface area contributed by atoms with E-state index in [1.165, 1.54) is 38.6 Å². The first-order valence-electron chi connectivity index (χ1n) is 16.7. The number of furan rings is 1. The van der Waals surface area contributed by atoms with Gasteiger partial charge in [-0.25, -0.2) is 0 Å². The number of thiophene rings is 1. The molecule has 6 rings (SSSR count). The lowest BCUT2D eigenvalue weighted by molar-refractivity contribution is 0.565. The van der Waals surface area contributed by atoms with Gasteiger partial charge in [0.15, 0.2) is 0 Å². The summed E-state index contributed by atoms with van der Waals surface area (Å²) in [5.74, 6) is 0. The summed E-state index contributed by atoms with van der Waals surface area (Å²) in [7, 11) is 0. The Balaban J connectivity index is -0.000000494. The van der Waals surface area contributed by atoms with Crippen LogP contribution in [0.1, 0.15) is 85.9 Å². The number of benzene rings is 4. The molecule has 0 aliphatic carbocycles. The molecule has 0 atom stereocenters. The molecule has 2 heterocycles.